The molecule has 130 valence electrons. The van der Waals surface area contributed by atoms with Crippen LogP contribution < -0.4 is 0 Å². The highest BCUT2D eigenvalue weighted by Gasteiger charge is 2.75. The van der Waals surface area contributed by atoms with Gasteiger partial charge in [-0.3, -0.25) is 0 Å². The van der Waals surface area contributed by atoms with Crippen LogP contribution in [0, 0.1) is 18.3 Å². The number of esters is 1. The number of rotatable bonds is 2. The van der Waals surface area contributed by atoms with Crippen LogP contribution in [-0.2, 0) is 20.7 Å². The van der Waals surface area contributed by atoms with Crippen LogP contribution in [0.4, 0.5) is 0 Å². The van der Waals surface area contributed by atoms with Gasteiger partial charge in [0.1, 0.15) is 17.5 Å². The van der Waals surface area contributed by atoms with Crippen molar-refractivity contribution in [2.24, 2.45) is 11.3 Å². The molecular formula is C20H26O4. The fraction of sp³-hybridized carbons (Fsp3) is 0.650. The number of ether oxygens (including phenoxy) is 2. The van der Waals surface area contributed by atoms with Crippen LogP contribution in [0.2, 0.25) is 0 Å². The van der Waals surface area contributed by atoms with Gasteiger partial charge in [-0.15, -0.1) is 0 Å². The summed E-state index contributed by atoms with van der Waals surface area (Å²) in [5.41, 5.74) is 2.60. The van der Waals surface area contributed by atoms with E-state index >= 15 is 0 Å². The van der Waals surface area contributed by atoms with Crippen LogP contribution in [0.5, 0.6) is 0 Å². The summed E-state index contributed by atoms with van der Waals surface area (Å²) in [5.74, 6) is 1.07. The van der Waals surface area contributed by atoms with E-state index in [1.54, 1.807) is 12.3 Å². The van der Waals surface area contributed by atoms with Gasteiger partial charge in [-0.2, -0.15) is 0 Å². The van der Waals surface area contributed by atoms with E-state index in [0.717, 1.165) is 41.7 Å². The number of fused-ring (bicyclic) bond motifs is 1. The lowest BCUT2D eigenvalue weighted by Crippen LogP contribution is -2.54. The van der Waals surface area contributed by atoms with Crippen molar-refractivity contribution in [3.63, 3.8) is 0 Å². The second-order valence-electron chi connectivity index (χ2n) is 8.23. The minimum atomic E-state index is -0.316. The molecule has 2 fully saturated rings. The van der Waals surface area contributed by atoms with Gasteiger partial charge in [0.25, 0.3) is 0 Å². The number of furan rings is 1. The number of aryl methyl sites for hydroxylation is 1. The lowest BCUT2D eigenvalue weighted by Gasteiger charge is -2.50. The first-order chi connectivity index (χ1) is 11.3. The van der Waals surface area contributed by atoms with Gasteiger partial charge in [-0.05, 0) is 45.1 Å². The summed E-state index contributed by atoms with van der Waals surface area (Å²) < 4.78 is 18.1. The van der Waals surface area contributed by atoms with Crippen LogP contribution in [0.15, 0.2) is 22.3 Å². The van der Waals surface area contributed by atoms with E-state index in [1.807, 2.05) is 20.8 Å². The molecule has 0 amide bonds. The van der Waals surface area contributed by atoms with Crippen molar-refractivity contribution in [3.05, 3.63) is 34.8 Å². The van der Waals surface area contributed by atoms with Crippen molar-refractivity contribution >= 4 is 5.97 Å². The molecule has 1 spiro atoms. The van der Waals surface area contributed by atoms with Crippen LogP contribution in [0.1, 0.15) is 63.5 Å². The molecule has 0 aromatic carbocycles. The molecule has 0 radical (unpaired) electrons. The van der Waals surface area contributed by atoms with Gasteiger partial charge in [-0.25, -0.2) is 4.79 Å². The molecule has 3 aliphatic rings. The zero-order chi connectivity index (χ0) is 17.3. The lowest BCUT2D eigenvalue weighted by atomic mass is 9.53. The van der Waals surface area contributed by atoms with Gasteiger partial charge < -0.3 is 13.9 Å². The average molecular weight is 330 g/mol. The highest BCUT2D eigenvalue weighted by atomic mass is 16.6. The smallest absolute Gasteiger partial charge is 0.331 e. The Bertz CT molecular complexity index is 726. The molecule has 4 heteroatoms. The summed E-state index contributed by atoms with van der Waals surface area (Å²) >= 11 is 0. The molecule has 0 bridgehead atoms. The largest absolute Gasteiger partial charge is 0.469 e. The fourth-order valence-electron chi connectivity index (χ4n) is 5.03. The topological polar surface area (TPSA) is 52.0 Å². The van der Waals surface area contributed by atoms with E-state index < -0.39 is 0 Å². The van der Waals surface area contributed by atoms with Crippen LogP contribution >= 0.6 is 0 Å². The van der Waals surface area contributed by atoms with Gasteiger partial charge in [-0.1, -0.05) is 19.4 Å². The molecule has 1 saturated carbocycles. The molecule has 1 aromatic rings. The van der Waals surface area contributed by atoms with Crippen molar-refractivity contribution in [1.29, 1.82) is 0 Å². The molecule has 1 aliphatic heterocycles. The van der Waals surface area contributed by atoms with Gasteiger partial charge in [0.2, 0.25) is 0 Å². The van der Waals surface area contributed by atoms with Gasteiger partial charge in [0, 0.05) is 23.5 Å². The maximum atomic E-state index is 12.4. The van der Waals surface area contributed by atoms with E-state index in [2.05, 4.69) is 13.8 Å². The SMILES string of the molecule is CC(C)=CC(=O)OC1c2c(C)coc2CC23OC2CCC(C)C13C. The Hall–Kier alpha value is -1.55. The zero-order valence-electron chi connectivity index (χ0n) is 15.1. The molecule has 0 N–H and O–H groups in total. The molecule has 5 atom stereocenters. The normalized spacial score (nSPS) is 39.3. The van der Waals surface area contributed by atoms with Crippen LogP contribution in [0.3, 0.4) is 0 Å². The first-order valence-electron chi connectivity index (χ1n) is 8.90. The second kappa shape index (κ2) is 4.98. The number of carbonyl (C=O) groups is 1. The van der Waals surface area contributed by atoms with E-state index in [9.17, 15) is 4.79 Å². The van der Waals surface area contributed by atoms with Crippen molar-refractivity contribution < 1.29 is 18.7 Å². The van der Waals surface area contributed by atoms with E-state index in [0.29, 0.717) is 5.92 Å². The molecule has 1 saturated heterocycles. The molecule has 1 aromatic heterocycles. The monoisotopic (exact) mass is 330 g/mol. The summed E-state index contributed by atoms with van der Waals surface area (Å²) in [7, 11) is 0. The maximum Gasteiger partial charge on any atom is 0.331 e. The summed E-state index contributed by atoms with van der Waals surface area (Å²) in [5, 5.41) is 0. The molecule has 4 nitrogen and oxygen atoms in total. The van der Waals surface area contributed by atoms with Crippen molar-refractivity contribution in [3.8, 4) is 0 Å². The first kappa shape index (κ1) is 15.9. The van der Waals surface area contributed by atoms with Crippen molar-refractivity contribution in [1.82, 2.24) is 0 Å². The number of epoxide rings is 1. The van der Waals surface area contributed by atoms with Crippen molar-refractivity contribution in [2.45, 2.75) is 71.7 Å². The lowest BCUT2D eigenvalue weighted by molar-refractivity contribution is -0.163. The summed E-state index contributed by atoms with van der Waals surface area (Å²) in [4.78, 5) is 12.4. The maximum absolute atomic E-state index is 12.4. The Morgan fingerprint density at radius 1 is 1.38 bits per heavy atom. The number of allylic oxidation sites excluding steroid dienone is 1. The Balaban J connectivity index is 1.82. The Kier molecular flexibility index (Phi) is 3.31. The van der Waals surface area contributed by atoms with Gasteiger partial charge >= 0.3 is 5.97 Å². The molecule has 24 heavy (non-hydrogen) atoms. The number of hydrogen-bond donors (Lipinski definition) is 0. The fourth-order valence-corrected chi connectivity index (χ4v) is 5.03. The van der Waals surface area contributed by atoms with Gasteiger partial charge in [0.05, 0.1) is 12.4 Å². The quantitative estimate of drug-likeness (QED) is 0.462. The van der Waals surface area contributed by atoms with Crippen LogP contribution in [-0.4, -0.2) is 17.7 Å². The van der Waals surface area contributed by atoms with Crippen molar-refractivity contribution in [2.75, 3.05) is 0 Å². The van der Waals surface area contributed by atoms with Gasteiger partial charge in [0.15, 0.2) is 0 Å². The highest BCUT2D eigenvalue weighted by Crippen LogP contribution is 2.69. The highest BCUT2D eigenvalue weighted by molar-refractivity contribution is 5.83. The van der Waals surface area contributed by atoms with E-state index in [4.69, 9.17) is 13.9 Å². The minimum absolute atomic E-state index is 0.220. The molecule has 2 heterocycles. The second-order valence-corrected chi connectivity index (χ2v) is 8.23. The molecule has 2 aliphatic carbocycles. The molecule has 4 rings (SSSR count). The molecule has 5 unspecified atom stereocenters. The first-order valence-corrected chi connectivity index (χ1v) is 8.90. The Morgan fingerprint density at radius 2 is 2.12 bits per heavy atom. The predicted molar refractivity (Wildman–Crippen MR) is 89.5 cm³/mol. The number of hydrogen-bond acceptors (Lipinski definition) is 4. The average Bonchev–Trinajstić information content (AvgIpc) is 3.10. The third kappa shape index (κ3) is 1.92. The standard InChI is InChI=1S/C20H26O4/c1-11(2)8-16(21)23-18-17-12(3)10-22-14(17)9-20-15(24-20)7-6-13(4)19(18,20)5/h8,10,13,15,18H,6-7,9H2,1-5H3. The third-order valence-electron chi connectivity index (χ3n) is 6.59. The zero-order valence-corrected chi connectivity index (χ0v) is 15.1. The summed E-state index contributed by atoms with van der Waals surface area (Å²) in [6.07, 6.45) is 6.28. The summed E-state index contributed by atoms with van der Waals surface area (Å²) in [6.45, 7) is 10.4. The Morgan fingerprint density at radius 3 is 2.83 bits per heavy atom. The van der Waals surface area contributed by atoms with E-state index in [1.165, 1.54) is 0 Å². The minimum Gasteiger partial charge on any atom is -0.469 e. The summed E-state index contributed by atoms with van der Waals surface area (Å²) in [6, 6.07) is 0. The van der Waals surface area contributed by atoms with E-state index in [-0.39, 0.29) is 29.2 Å². The van der Waals surface area contributed by atoms with Crippen LogP contribution in [0.25, 0.3) is 0 Å². The molecular weight excluding hydrogens is 304 g/mol. The third-order valence-corrected chi connectivity index (χ3v) is 6.59. The predicted octanol–water partition coefficient (Wildman–Crippen LogP) is 4.27. The number of carbonyl (C=O) groups excluding carboxylic acids is 1. The Labute approximate surface area is 143 Å².